The van der Waals surface area contributed by atoms with Gasteiger partial charge < -0.3 is 10.6 Å². The van der Waals surface area contributed by atoms with Crippen LogP contribution in [0.5, 0.6) is 0 Å². The van der Waals surface area contributed by atoms with Crippen molar-refractivity contribution in [1.82, 2.24) is 9.78 Å². The first-order valence-electron chi connectivity index (χ1n) is 5.61. The first kappa shape index (κ1) is 10.5. The number of aryl methyl sites for hydroxylation is 1. The normalized spacial score (nSPS) is 32.0. The highest BCUT2D eigenvalue weighted by Crippen LogP contribution is 2.26. The third-order valence-electron chi connectivity index (χ3n) is 3.63. The molecule has 1 aliphatic heterocycles. The van der Waals surface area contributed by atoms with Crippen molar-refractivity contribution < 1.29 is 0 Å². The van der Waals surface area contributed by atoms with E-state index in [1.54, 1.807) is 0 Å². The molecule has 0 saturated carbocycles. The molecule has 1 aromatic heterocycles. The number of nitrogens with two attached hydrogens (primary N) is 1. The van der Waals surface area contributed by atoms with Crippen LogP contribution in [0.25, 0.3) is 0 Å². The number of rotatable bonds is 1. The fourth-order valence-electron chi connectivity index (χ4n) is 2.28. The second-order valence-corrected chi connectivity index (χ2v) is 4.59. The Hall–Kier alpha value is -1.03. The van der Waals surface area contributed by atoms with Gasteiger partial charge in [0.15, 0.2) is 5.82 Å². The molecule has 2 rings (SSSR count). The highest BCUT2D eigenvalue weighted by molar-refractivity contribution is 5.39. The molecule has 15 heavy (non-hydrogen) atoms. The zero-order valence-corrected chi connectivity index (χ0v) is 9.72. The minimum absolute atomic E-state index is 0.333. The standard InChI is InChI=1S/C11H20N4/c1-8-9(2)15(7-4-10(8)12)11-5-6-14(3)13-11/h5-6,8-10H,4,7,12H2,1-3H3. The maximum Gasteiger partial charge on any atom is 0.150 e. The highest BCUT2D eigenvalue weighted by Gasteiger charge is 2.31. The number of nitrogens with zero attached hydrogens (tertiary/aromatic N) is 3. The molecule has 4 heteroatoms. The molecule has 3 atom stereocenters. The molecule has 3 unspecified atom stereocenters. The van der Waals surface area contributed by atoms with E-state index in [1.165, 1.54) is 0 Å². The molecule has 0 radical (unpaired) electrons. The maximum absolute atomic E-state index is 6.06. The van der Waals surface area contributed by atoms with E-state index < -0.39 is 0 Å². The Morgan fingerprint density at radius 3 is 2.80 bits per heavy atom. The van der Waals surface area contributed by atoms with Gasteiger partial charge in [0, 0.05) is 37.9 Å². The summed E-state index contributed by atoms with van der Waals surface area (Å²) in [4.78, 5) is 2.36. The summed E-state index contributed by atoms with van der Waals surface area (Å²) in [7, 11) is 1.95. The summed E-state index contributed by atoms with van der Waals surface area (Å²) >= 11 is 0. The van der Waals surface area contributed by atoms with E-state index in [4.69, 9.17) is 5.73 Å². The van der Waals surface area contributed by atoms with Crippen molar-refractivity contribution in [2.24, 2.45) is 18.7 Å². The molecule has 1 fully saturated rings. The summed E-state index contributed by atoms with van der Waals surface area (Å²) < 4.78 is 1.85. The Morgan fingerprint density at radius 2 is 2.20 bits per heavy atom. The van der Waals surface area contributed by atoms with Crippen LogP contribution in [0.3, 0.4) is 0 Å². The van der Waals surface area contributed by atoms with Crippen LogP contribution in [-0.4, -0.2) is 28.4 Å². The van der Waals surface area contributed by atoms with Crippen LogP contribution in [0.15, 0.2) is 12.3 Å². The lowest BCUT2D eigenvalue weighted by molar-refractivity contribution is 0.314. The van der Waals surface area contributed by atoms with Gasteiger partial charge in [0.1, 0.15) is 0 Å². The van der Waals surface area contributed by atoms with Gasteiger partial charge in [-0.3, -0.25) is 4.68 Å². The smallest absolute Gasteiger partial charge is 0.150 e. The molecule has 2 heterocycles. The Kier molecular flexibility index (Phi) is 2.69. The largest absolute Gasteiger partial charge is 0.352 e. The van der Waals surface area contributed by atoms with Gasteiger partial charge in [-0.05, 0) is 19.3 Å². The van der Waals surface area contributed by atoms with Crippen molar-refractivity contribution in [1.29, 1.82) is 0 Å². The van der Waals surface area contributed by atoms with E-state index in [-0.39, 0.29) is 0 Å². The van der Waals surface area contributed by atoms with Gasteiger partial charge in [0.25, 0.3) is 0 Å². The topological polar surface area (TPSA) is 47.1 Å². The second kappa shape index (κ2) is 3.85. The fraction of sp³-hybridized carbons (Fsp3) is 0.727. The summed E-state index contributed by atoms with van der Waals surface area (Å²) in [6.07, 6.45) is 3.04. The van der Waals surface area contributed by atoms with Gasteiger partial charge in [-0.1, -0.05) is 6.92 Å². The van der Waals surface area contributed by atoms with Crippen molar-refractivity contribution in [3.05, 3.63) is 12.3 Å². The summed E-state index contributed by atoms with van der Waals surface area (Å²) in [5, 5.41) is 4.45. The minimum Gasteiger partial charge on any atom is -0.352 e. The lowest BCUT2D eigenvalue weighted by atomic mass is 9.88. The Labute approximate surface area is 91.1 Å². The van der Waals surface area contributed by atoms with Gasteiger partial charge in [-0.25, -0.2) is 0 Å². The average molecular weight is 208 g/mol. The van der Waals surface area contributed by atoms with Gasteiger partial charge in [-0.2, -0.15) is 5.10 Å². The maximum atomic E-state index is 6.06. The molecule has 0 spiro atoms. The van der Waals surface area contributed by atoms with Crippen molar-refractivity contribution >= 4 is 5.82 Å². The molecule has 0 aromatic carbocycles. The molecule has 0 bridgehead atoms. The molecule has 1 aromatic rings. The van der Waals surface area contributed by atoms with Gasteiger partial charge >= 0.3 is 0 Å². The monoisotopic (exact) mass is 208 g/mol. The Bertz CT molecular complexity index is 333. The zero-order chi connectivity index (χ0) is 11.0. The predicted octanol–water partition coefficient (Wildman–Crippen LogP) is 0.982. The van der Waals surface area contributed by atoms with Crippen LogP contribution in [0.4, 0.5) is 5.82 Å². The van der Waals surface area contributed by atoms with Crippen LogP contribution in [-0.2, 0) is 7.05 Å². The number of hydrogen-bond donors (Lipinski definition) is 1. The van der Waals surface area contributed by atoms with Crippen LogP contribution in [0.1, 0.15) is 20.3 Å². The molecular formula is C11H20N4. The van der Waals surface area contributed by atoms with Crippen LogP contribution >= 0.6 is 0 Å². The third kappa shape index (κ3) is 1.86. The van der Waals surface area contributed by atoms with Crippen LogP contribution < -0.4 is 10.6 Å². The molecule has 84 valence electrons. The predicted molar refractivity (Wildman–Crippen MR) is 61.8 cm³/mol. The molecule has 0 amide bonds. The van der Waals surface area contributed by atoms with Gasteiger partial charge in [0.05, 0.1) is 0 Å². The molecule has 1 aliphatic rings. The SMILES string of the molecule is CC1C(N)CCN(c2ccn(C)n2)C1C. The van der Waals surface area contributed by atoms with Crippen molar-refractivity contribution in [2.45, 2.75) is 32.4 Å². The van der Waals surface area contributed by atoms with Crippen LogP contribution in [0.2, 0.25) is 0 Å². The van der Waals surface area contributed by atoms with E-state index in [0.29, 0.717) is 18.0 Å². The van der Waals surface area contributed by atoms with Crippen molar-refractivity contribution in [2.75, 3.05) is 11.4 Å². The first-order valence-corrected chi connectivity index (χ1v) is 5.61. The summed E-state index contributed by atoms with van der Waals surface area (Å²) in [5.41, 5.74) is 6.06. The van der Waals surface area contributed by atoms with E-state index in [0.717, 1.165) is 18.8 Å². The number of piperidine rings is 1. The van der Waals surface area contributed by atoms with Crippen molar-refractivity contribution in [3.8, 4) is 0 Å². The van der Waals surface area contributed by atoms with E-state index in [2.05, 4.69) is 29.9 Å². The van der Waals surface area contributed by atoms with Crippen LogP contribution in [0, 0.1) is 5.92 Å². The summed E-state index contributed by atoms with van der Waals surface area (Å²) in [6.45, 7) is 5.48. The van der Waals surface area contributed by atoms with Crippen molar-refractivity contribution in [3.63, 3.8) is 0 Å². The molecular weight excluding hydrogens is 188 g/mol. The number of hydrogen-bond acceptors (Lipinski definition) is 3. The Balaban J connectivity index is 2.17. The summed E-state index contributed by atoms with van der Waals surface area (Å²) in [6, 6.07) is 2.88. The van der Waals surface area contributed by atoms with E-state index >= 15 is 0 Å². The quantitative estimate of drug-likeness (QED) is 0.748. The molecule has 2 N–H and O–H groups in total. The second-order valence-electron chi connectivity index (χ2n) is 4.59. The number of anilines is 1. The first-order chi connectivity index (χ1) is 7.09. The highest BCUT2D eigenvalue weighted by atomic mass is 15.3. The lowest BCUT2D eigenvalue weighted by Gasteiger charge is -2.41. The lowest BCUT2D eigenvalue weighted by Crippen LogP contribution is -2.52. The Morgan fingerprint density at radius 1 is 1.47 bits per heavy atom. The minimum atomic E-state index is 0.333. The number of aromatic nitrogens is 2. The molecule has 1 saturated heterocycles. The average Bonchev–Trinajstić information content (AvgIpc) is 2.61. The zero-order valence-electron chi connectivity index (χ0n) is 9.72. The van der Waals surface area contributed by atoms with E-state index in [1.807, 2.05) is 17.9 Å². The molecule has 4 nitrogen and oxygen atoms in total. The molecule has 0 aliphatic carbocycles. The third-order valence-corrected chi connectivity index (χ3v) is 3.63. The van der Waals surface area contributed by atoms with Gasteiger partial charge in [0.2, 0.25) is 0 Å². The van der Waals surface area contributed by atoms with Gasteiger partial charge in [-0.15, -0.1) is 0 Å². The van der Waals surface area contributed by atoms with E-state index in [9.17, 15) is 0 Å². The fourth-order valence-corrected chi connectivity index (χ4v) is 2.28. The summed E-state index contributed by atoms with van der Waals surface area (Å²) in [5.74, 6) is 1.60.